The minimum absolute atomic E-state index is 0. The van der Waals surface area contributed by atoms with Gasteiger partial charge in [-0.2, -0.15) is 0 Å². The SMILES string of the molecule is COC(=O)c1ccc(OC(=O)Nc2c(C)nc(CC(C)C)c(CN)c2-c2ccc(C)cc2)cc1.Cl.Cl. The van der Waals surface area contributed by atoms with Crippen LogP contribution >= 0.6 is 24.8 Å². The molecule has 36 heavy (non-hydrogen) atoms. The average Bonchev–Trinajstić information content (AvgIpc) is 2.80. The Morgan fingerprint density at radius 3 is 2.14 bits per heavy atom. The largest absolute Gasteiger partial charge is 0.465 e. The summed E-state index contributed by atoms with van der Waals surface area (Å²) in [6.07, 6.45) is 0.118. The number of rotatable bonds is 7. The van der Waals surface area contributed by atoms with Gasteiger partial charge < -0.3 is 15.2 Å². The van der Waals surface area contributed by atoms with Gasteiger partial charge in [-0.15, -0.1) is 24.8 Å². The Balaban J connectivity index is 0.00000324. The summed E-state index contributed by atoms with van der Waals surface area (Å²) in [4.78, 5) is 29.2. The number of nitrogens with one attached hydrogen (secondary N) is 1. The first-order valence-electron chi connectivity index (χ1n) is 11.2. The van der Waals surface area contributed by atoms with Gasteiger partial charge in [0.1, 0.15) is 5.75 Å². The van der Waals surface area contributed by atoms with E-state index in [9.17, 15) is 9.59 Å². The summed E-state index contributed by atoms with van der Waals surface area (Å²) in [6.45, 7) is 8.45. The van der Waals surface area contributed by atoms with E-state index in [4.69, 9.17) is 20.2 Å². The molecule has 1 heterocycles. The van der Waals surface area contributed by atoms with Gasteiger partial charge in [0, 0.05) is 17.8 Å². The zero-order valence-electron chi connectivity index (χ0n) is 21.1. The summed E-state index contributed by atoms with van der Waals surface area (Å²) in [7, 11) is 1.31. The predicted octanol–water partition coefficient (Wildman–Crippen LogP) is 6.26. The van der Waals surface area contributed by atoms with Crippen LogP contribution in [-0.4, -0.2) is 24.2 Å². The van der Waals surface area contributed by atoms with Gasteiger partial charge in [-0.05, 0) is 61.6 Å². The van der Waals surface area contributed by atoms with E-state index in [0.717, 1.165) is 34.4 Å². The fourth-order valence-electron chi connectivity index (χ4n) is 3.78. The second-order valence-electron chi connectivity index (χ2n) is 8.57. The first-order chi connectivity index (χ1) is 16.2. The lowest BCUT2D eigenvalue weighted by molar-refractivity contribution is 0.0600. The van der Waals surface area contributed by atoms with Crippen LogP contribution in [-0.2, 0) is 17.7 Å². The van der Waals surface area contributed by atoms with Crippen LogP contribution in [0.25, 0.3) is 11.1 Å². The Bertz CT molecular complexity index is 1180. The number of amides is 1. The quantitative estimate of drug-likeness (QED) is 0.347. The molecular weight excluding hydrogens is 501 g/mol. The first-order valence-corrected chi connectivity index (χ1v) is 11.2. The zero-order chi connectivity index (χ0) is 24.8. The molecule has 0 atom stereocenters. The Kier molecular flexibility index (Phi) is 11.9. The topological polar surface area (TPSA) is 104 Å². The smallest absolute Gasteiger partial charge is 0.417 e. The monoisotopic (exact) mass is 533 g/mol. The lowest BCUT2D eigenvalue weighted by Gasteiger charge is -2.21. The lowest BCUT2D eigenvalue weighted by atomic mass is 9.92. The molecule has 0 radical (unpaired) electrons. The van der Waals surface area contributed by atoms with E-state index in [1.54, 1.807) is 0 Å². The van der Waals surface area contributed by atoms with Crippen LogP contribution in [0.5, 0.6) is 5.75 Å². The molecule has 7 nitrogen and oxygen atoms in total. The molecule has 0 aliphatic rings. The van der Waals surface area contributed by atoms with Gasteiger partial charge in [0.05, 0.1) is 24.1 Å². The molecular formula is C27H33Cl2N3O4. The van der Waals surface area contributed by atoms with Crippen molar-refractivity contribution in [1.29, 1.82) is 0 Å². The van der Waals surface area contributed by atoms with Crippen LogP contribution in [0.15, 0.2) is 48.5 Å². The first kappa shape index (κ1) is 30.9. The van der Waals surface area contributed by atoms with Crippen molar-refractivity contribution in [2.75, 3.05) is 12.4 Å². The number of esters is 1. The Labute approximate surface area is 224 Å². The van der Waals surface area contributed by atoms with Crippen molar-refractivity contribution >= 4 is 42.6 Å². The van der Waals surface area contributed by atoms with Crippen molar-refractivity contribution in [1.82, 2.24) is 4.98 Å². The highest BCUT2D eigenvalue weighted by Crippen LogP contribution is 2.36. The van der Waals surface area contributed by atoms with Crippen molar-refractivity contribution in [3.05, 3.63) is 76.6 Å². The lowest BCUT2D eigenvalue weighted by Crippen LogP contribution is -2.20. The van der Waals surface area contributed by atoms with Crippen LogP contribution in [0.1, 0.15) is 46.7 Å². The zero-order valence-corrected chi connectivity index (χ0v) is 22.7. The third-order valence-electron chi connectivity index (χ3n) is 5.42. The van der Waals surface area contributed by atoms with Gasteiger partial charge in [-0.1, -0.05) is 43.7 Å². The number of carbonyl (C=O) groups excluding carboxylic acids is 2. The second kappa shape index (κ2) is 13.8. The molecule has 0 fully saturated rings. The number of nitrogens with zero attached hydrogens (tertiary/aromatic N) is 1. The summed E-state index contributed by atoms with van der Waals surface area (Å²) in [5, 5.41) is 2.87. The summed E-state index contributed by atoms with van der Waals surface area (Å²) >= 11 is 0. The van der Waals surface area contributed by atoms with Gasteiger partial charge in [0.15, 0.2) is 0 Å². The number of aryl methyl sites for hydroxylation is 2. The second-order valence-corrected chi connectivity index (χ2v) is 8.57. The predicted molar refractivity (Wildman–Crippen MR) is 148 cm³/mol. The number of benzene rings is 2. The van der Waals surface area contributed by atoms with E-state index >= 15 is 0 Å². The number of pyridine rings is 1. The van der Waals surface area contributed by atoms with Gasteiger partial charge in [0.2, 0.25) is 0 Å². The fourth-order valence-corrected chi connectivity index (χ4v) is 3.78. The minimum Gasteiger partial charge on any atom is -0.465 e. The van der Waals surface area contributed by atoms with Crippen LogP contribution < -0.4 is 15.8 Å². The van der Waals surface area contributed by atoms with E-state index in [1.165, 1.54) is 31.4 Å². The molecule has 0 aliphatic heterocycles. The Morgan fingerprint density at radius 2 is 1.61 bits per heavy atom. The fraction of sp³-hybridized carbons (Fsp3) is 0.296. The number of methoxy groups -OCH3 is 1. The van der Waals surface area contributed by atoms with Crippen LogP contribution in [0.3, 0.4) is 0 Å². The summed E-state index contributed by atoms with van der Waals surface area (Å²) in [6, 6.07) is 14.2. The standard InChI is InChI=1S/C27H31N3O4.2ClH/c1-16(2)14-23-22(15-28)24(19-8-6-17(3)7-9-19)25(18(4)29-23)30-27(32)34-21-12-10-20(11-13-21)26(31)33-5;;/h6-13,16H,14-15,28H2,1-5H3,(H,30,32);2*1H. The maximum atomic E-state index is 12.8. The molecule has 3 N–H and O–H groups in total. The highest BCUT2D eigenvalue weighted by Gasteiger charge is 2.21. The molecule has 2 aromatic carbocycles. The average molecular weight is 534 g/mol. The molecule has 1 aromatic heterocycles. The molecule has 0 saturated heterocycles. The molecule has 3 rings (SSSR count). The van der Waals surface area contributed by atoms with Crippen molar-refractivity contribution in [2.45, 2.75) is 40.7 Å². The van der Waals surface area contributed by atoms with Crippen molar-refractivity contribution in [2.24, 2.45) is 11.7 Å². The summed E-state index contributed by atoms with van der Waals surface area (Å²) in [5.74, 6) is 0.235. The number of carbonyl (C=O) groups is 2. The Morgan fingerprint density at radius 1 is 1.00 bits per heavy atom. The van der Waals surface area contributed by atoms with Crippen molar-refractivity contribution < 1.29 is 19.1 Å². The number of ether oxygens (including phenoxy) is 2. The highest BCUT2D eigenvalue weighted by molar-refractivity contribution is 5.95. The van der Waals surface area contributed by atoms with E-state index < -0.39 is 12.1 Å². The van der Waals surface area contributed by atoms with E-state index in [0.29, 0.717) is 28.6 Å². The number of aromatic nitrogens is 1. The number of nitrogens with two attached hydrogens (primary N) is 1. The molecule has 9 heteroatoms. The normalized spacial score (nSPS) is 10.2. The number of hydrogen-bond donors (Lipinski definition) is 2. The third-order valence-corrected chi connectivity index (χ3v) is 5.42. The molecule has 0 bridgehead atoms. The van der Waals surface area contributed by atoms with Gasteiger partial charge in [-0.25, -0.2) is 9.59 Å². The van der Waals surface area contributed by atoms with Crippen molar-refractivity contribution in [3.63, 3.8) is 0 Å². The van der Waals surface area contributed by atoms with Crippen LogP contribution in [0.4, 0.5) is 10.5 Å². The molecule has 0 spiro atoms. The van der Waals surface area contributed by atoms with Crippen LogP contribution in [0, 0.1) is 19.8 Å². The number of halogens is 2. The van der Waals surface area contributed by atoms with Gasteiger partial charge in [0.25, 0.3) is 0 Å². The van der Waals surface area contributed by atoms with Crippen LogP contribution in [0.2, 0.25) is 0 Å². The summed E-state index contributed by atoms with van der Waals surface area (Å²) < 4.78 is 10.1. The molecule has 0 unspecified atom stereocenters. The molecule has 3 aromatic rings. The summed E-state index contributed by atoms with van der Waals surface area (Å²) in [5.41, 5.74) is 12.6. The van der Waals surface area contributed by atoms with Crippen molar-refractivity contribution in [3.8, 4) is 16.9 Å². The molecule has 194 valence electrons. The minimum atomic E-state index is -0.663. The number of anilines is 1. The van der Waals surface area contributed by atoms with E-state index in [2.05, 4.69) is 19.2 Å². The molecule has 0 saturated carbocycles. The van der Waals surface area contributed by atoms with Gasteiger partial charge in [-0.3, -0.25) is 10.3 Å². The maximum absolute atomic E-state index is 12.8. The van der Waals surface area contributed by atoms with E-state index in [1.807, 2.05) is 38.1 Å². The molecule has 1 amide bonds. The Hall–Kier alpha value is -3.13. The third kappa shape index (κ3) is 7.43. The maximum Gasteiger partial charge on any atom is 0.417 e. The van der Waals surface area contributed by atoms with Gasteiger partial charge >= 0.3 is 12.1 Å². The highest BCUT2D eigenvalue weighted by atomic mass is 35.5. The van der Waals surface area contributed by atoms with E-state index in [-0.39, 0.29) is 31.4 Å². The molecule has 0 aliphatic carbocycles. The number of hydrogen-bond acceptors (Lipinski definition) is 6.